The van der Waals surface area contributed by atoms with Gasteiger partial charge in [0.2, 0.25) is 5.95 Å². The quantitative estimate of drug-likeness (QED) is 0.692. The van der Waals surface area contributed by atoms with Crippen LogP contribution in [0.25, 0.3) is 0 Å². The van der Waals surface area contributed by atoms with E-state index in [1.807, 2.05) is 6.07 Å². The minimum absolute atomic E-state index is 0.0383. The molecule has 0 amide bonds. The summed E-state index contributed by atoms with van der Waals surface area (Å²) in [6.45, 7) is 0.492. The summed E-state index contributed by atoms with van der Waals surface area (Å²) in [5.74, 6) is 0.452. The zero-order valence-electron chi connectivity index (χ0n) is 7.30. The molecule has 1 rings (SSSR count). The van der Waals surface area contributed by atoms with Gasteiger partial charge in [-0.25, -0.2) is 9.97 Å². The second kappa shape index (κ2) is 4.38. The molecule has 5 nitrogen and oxygen atoms in total. The summed E-state index contributed by atoms with van der Waals surface area (Å²) < 4.78 is 0. The summed E-state index contributed by atoms with van der Waals surface area (Å²) in [7, 11) is 1.76. The normalized spacial score (nSPS) is 9.31. The molecule has 0 saturated carbocycles. The van der Waals surface area contributed by atoms with Crippen molar-refractivity contribution in [3.63, 3.8) is 0 Å². The highest BCUT2D eigenvalue weighted by molar-refractivity contribution is 5.32. The fourth-order valence-corrected chi connectivity index (χ4v) is 0.845. The van der Waals surface area contributed by atoms with E-state index in [0.717, 1.165) is 0 Å². The molecule has 1 N–H and O–H groups in total. The minimum atomic E-state index is 0.0383. The van der Waals surface area contributed by atoms with E-state index in [9.17, 15) is 0 Å². The van der Waals surface area contributed by atoms with Crippen molar-refractivity contribution < 1.29 is 5.11 Å². The Kier molecular flexibility index (Phi) is 3.17. The molecule has 0 bridgehead atoms. The van der Waals surface area contributed by atoms with Crippen LogP contribution in [-0.2, 0) is 0 Å². The van der Waals surface area contributed by atoms with Crippen molar-refractivity contribution in [2.24, 2.45) is 0 Å². The van der Waals surface area contributed by atoms with Crippen LogP contribution >= 0.6 is 0 Å². The van der Waals surface area contributed by atoms with Crippen LogP contribution in [0.15, 0.2) is 12.3 Å². The average Bonchev–Trinajstić information content (AvgIpc) is 2.18. The third kappa shape index (κ3) is 2.39. The highest BCUT2D eigenvalue weighted by atomic mass is 16.3. The number of rotatable bonds is 3. The van der Waals surface area contributed by atoms with E-state index in [2.05, 4.69) is 9.97 Å². The highest BCUT2D eigenvalue weighted by Gasteiger charge is 2.03. The molecule has 0 fully saturated rings. The van der Waals surface area contributed by atoms with Crippen molar-refractivity contribution in [1.82, 2.24) is 9.97 Å². The summed E-state index contributed by atoms with van der Waals surface area (Å²) in [4.78, 5) is 9.59. The molecule has 13 heavy (non-hydrogen) atoms. The smallest absolute Gasteiger partial charge is 0.226 e. The van der Waals surface area contributed by atoms with Crippen LogP contribution in [0, 0.1) is 11.3 Å². The predicted molar refractivity (Wildman–Crippen MR) is 47.1 cm³/mol. The van der Waals surface area contributed by atoms with E-state index < -0.39 is 0 Å². The number of nitriles is 1. The molecule has 0 aliphatic carbocycles. The molecule has 0 unspecified atom stereocenters. The van der Waals surface area contributed by atoms with Gasteiger partial charge in [0, 0.05) is 19.8 Å². The molecule has 0 aromatic carbocycles. The Morgan fingerprint density at radius 3 is 3.08 bits per heavy atom. The molecule has 5 heteroatoms. The van der Waals surface area contributed by atoms with E-state index in [1.54, 1.807) is 11.9 Å². The Balaban J connectivity index is 2.83. The van der Waals surface area contributed by atoms with Crippen molar-refractivity contribution in [2.75, 3.05) is 25.1 Å². The van der Waals surface area contributed by atoms with Gasteiger partial charge in [-0.1, -0.05) is 0 Å². The van der Waals surface area contributed by atoms with Crippen LogP contribution in [0.2, 0.25) is 0 Å². The van der Waals surface area contributed by atoms with Crippen LogP contribution in [0.4, 0.5) is 5.95 Å². The SMILES string of the molecule is CN(CCO)c1nccc(C#N)n1. The third-order valence-electron chi connectivity index (χ3n) is 1.53. The summed E-state index contributed by atoms with van der Waals surface area (Å²) in [5, 5.41) is 17.2. The lowest BCUT2D eigenvalue weighted by molar-refractivity contribution is 0.303. The minimum Gasteiger partial charge on any atom is -0.395 e. The topological polar surface area (TPSA) is 73.0 Å². The van der Waals surface area contributed by atoms with Gasteiger partial charge in [0.05, 0.1) is 6.61 Å². The second-order valence-electron chi connectivity index (χ2n) is 2.50. The van der Waals surface area contributed by atoms with Crippen molar-refractivity contribution in [1.29, 1.82) is 5.26 Å². The van der Waals surface area contributed by atoms with Gasteiger partial charge in [0.15, 0.2) is 0 Å². The van der Waals surface area contributed by atoms with Gasteiger partial charge in [-0.2, -0.15) is 5.26 Å². The molecular weight excluding hydrogens is 168 g/mol. The van der Waals surface area contributed by atoms with Crippen LogP contribution in [-0.4, -0.2) is 35.3 Å². The van der Waals surface area contributed by atoms with Crippen molar-refractivity contribution in [2.45, 2.75) is 0 Å². The monoisotopic (exact) mass is 178 g/mol. The zero-order valence-corrected chi connectivity index (χ0v) is 7.30. The number of aromatic nitrogens is 2. The van der Waals surface area contributed by atoms with Crippen molar-refractivity contribution in [3.05, 3.63) is 18.0 Å². The van der Waals surface area contributed by atoms with Crippen molar-refractivity contribution >= 4 is 5.95 Å². The van der Waals surface area contributed by atoms with Gasteiger partial charge in [-0.3, -0.25) is 0 Å². The lowest BCUT2D eigenvalue weighted by atomic mass is 10.4. The summed E-state index contributed by atoms with van der Waals surface area (Å²) >= 11 is 0. The molecule has 0 radical (unpaired) electrons. The average molecular weight is 178 g/mol. The Morgan fingerprint density at radius 2 is 2.46 bits per heavy atom. The van der Waals surface area contributed by atoms with Gasteiger partial charge in [-0.05, 0) is 6.07 Å². The van der Waals surface area contributed by atoms with Crippen LogP contribution < -0.4 is 4.90 Å². The van der Waals surface area contributed by atoms with Gasteiger partial charge >= 0.3 is 0 Å². The lowest BCUT2D eigenvalue weighted by Crippen LogP contribution is -2.23. The largest absolute Gasteiger partial charge is 0.395 e. The molecule has 0 saturated heterocycles. The maximum atomic E-state index is 8.66. The van der Waals surface area contributed by atoms with Crippen LogP contribution in [0.5, 0.6) is 0 Å². The fraction of sp³-hybridized carbons (Fsp3) is 0.375. The number of aliphatic hydroxyl groups is 1. The number of hydrogen-bond donors (Lipinski definition) is 1. The van der Waals surface area contributed by atoms with Gasteiger partial charge in [-0.15, -0.1) is 0 Å². The molecular formula is C8H10N4O. The Labute approximate surface area is 76.3 Å². The first-order valence-electron chi connectivity index (χ1n) is 3.83. The maximum Gasteiger partial charge on any atom is 0.226 e. The first-order chi connectivity index (χ1) is 6.27. The van der Waals surface area contributed by atoms with Crippen LogP contribution in [0.1, 0.15) is 5.69 Å². The molecule has 1 aromatic rings. The Bertz CT molecular complexity index is 320. The fourth-order valence-electron chi connectivity index (χ4n) is 0.845. The summed E-state index contributed by atoms with van der Waals surface area (Å²) in [5.41, 5.74) is 0.329. The van der Waals surface area contributed by atoms with Gasteiger partial charge in [0.1, 0.15) is 11.8 Å². The van der Waals surface area contributed by atoms with Crippen LogP contribution in [0.3, 0.4) is 0 Å². The van der Waals surface area contributed by atoms with Gasteiger partial charge < -0.3 is 10.0 Å². The van der Waals surface area contributed by atoms with Gasteiger partial charge in [0.25, 0.3) is 0 Å². The summed E-state index contributed by atoms with van der Waals surface area (Å²) in [6.07, 6.45) is 1.52. The lowest BCUT2D eigenvalue weighted by Gasteiger charge is -2.14. The van der Waals surface area contributed by atoms with E-state index in [-0.39, 0.29) is 6.61 Å². The molecule has 1 aromatic heterocycles. The highest BCUT2D eigenvalue weighted by Crippen LogP contribution is 2.03. The van der Waals surface area contributed by atoms with Crippen molar-refractivity contribution in [3.8, 4) is 6.07 Å². The zero-order chi connectivity index (χ0) is 9.68. The molecule has 0 spiro atoms. The molecule has 0 atom stereocenters. The predicted octanol–water partition coefficient (Wildman–Crippen LogP) is -0.223. The Hall–Kier alpha value is -1.67. The maximum absolute atomic E-state index is 8.66. The molecule has 1 heterocycles. The van der Waals surface area contributed by atoms with E-state index in [1.165, 1.54) is 12.3 Å². The standard InChI is InChI=1S/C8H10N4O/c1-12(4-5-13)8-10-3-2-7(6-9)11-8/h2-3,13H,4-5H2,1H3. The number of nitrogens with zero attached hydrogens (tertiary/aromatic N) is 4. The van der Waals surface area contributed by atoms with E-state index in [4.69, 9.17) is 10.4 Å². The van der Waals surface area contributed by atoms with E-state index >= 15 is 0 Å². The molecule has 68 valence electrons. The number of hydrogen-bond acceptors (Lipinski definition) is 5. The first-order valence-corrected chi connectivity index (χ1v) is 3.83. The first kappa shape index (κ1) is 9.42. The molecule has 0 aliphatic heterocycles. The third-order valence-corrected chi connectivity index (χ3v) is 1.53. The second-order valence-corrected chi connectivity index (χ2v) is 2.50. The Morgan fingerprint density at radius 1 is 1.69 bits per heavy atom. The number of anilines is 1. The molecule has 0 aliphatic rings. The summed E-state index contributed by atoms with van der Waals surface area (Å²) in [6, 6.07) is 3.46. The number of aliphatic hydroxyl groups excluding tert-OH is 1. The van der Waals surface area contributed by atoms with E-state index in [0.29, 0.717) is 18.2 Å². The number of likely N-dealkylation sites (N-methyl/N-ethyl adjacent to an activating group) is 1.